The molecule has 0 bridgehead atoms. The van der Waals surface area contributed by atoms with Gasteiger partial charge in [0.15, 0.2) is 0 Å². The summed E-state index contributed by atoms with van der Waals surface area (Å²) in [7, 11) is 0. The molecule has 1 aromatic heterocycles. The van der Waals surface area contributed by atoms with E-state index in [1.165, 1.54) is 0 Å². The SMILES string of the molecule is CC(/C=C/c1ccccc1)=N/NC(=O)c1ccc(COc2cccc3cccnc23)cc1. The first-order valence-corrected chi connectivity index (χ1v) is 10.3. The fourth-order valence-electron chi connectivity index (χ4n) is 3.13. The van der Waals surface area contributed by atoms with Gasteiger partial charge in [0, 0.05) is 17.1 Å². The van der Waals surface area contributed by atoms with Gasteiger partial charge in [-0.2, -0.15) is 5.10 Å². The van der Waals surface area contributed by atoms with Crippen LogP contribution >= 0.6 is 0 Å². The van der Waals surface area contributed by atoms with Gasteiger partial charge in [0.05, 0.1) is 5.71 Å². The molecule has 0 unspecified atom stereocenters. The fraction of sp³-hybridized carbons (Fsp3) is 0.0741. The minimum absolute atomic E-state index is 0.261. The molecule has 0 aliphatic rings. The van der Waals surface area contributed by atoms with Gasteiger partial charge < -0.3 is 4.74 Å². The summed E-state index contributed by atoms with van der Waals surface area (Å²) in [5.74, 6) is 0.474. The van der Waals surface area contributed by atoms with Crippen molar-refractivity contribution < 1.29 is 9.53 Å². The first-order chi connectivity index (χ1) is 15.7. The number of hydrogen-bond donors (Lipinski definition) is 1. The zero-order valence-corrected chi connectivity index (χ0v) is 17.7. The number of nitrogens with zero attached hydrogens (tertiary/aromatic N) is 2. The van der Waals surface area contributed by atoms with Gasteiger partial charge in [0.25, 0.3) is 5.91 Å². The molecule has 0 fully saturated rings. The Morgan fingerprint density at radius 2 is 1.75 bits per heavy atom. The molecule has 0 radical (unpaired) electrons. The number of aromatic nitrogens is 1. The topological polar surface area (TPSA) is 63.6 Å². The second kappa shape index (κ2) is 10.2. The summed E-state index contributed by atoms with van der Waals surface area (Å²) in [6, 6.07) is 27.0. The zero-order valence-electron chi connectivity index (χ0n) is 17.7. The normalized spacial score (nSPS) is 11.6. The number of allylic oxidation sites excluding steroid dienone is 1. The lowest BCUT2D eigenvalue weighted by molar-refractivity contribution is 0.0955. The molecule has 5 heteroatoms. The van der Waals surface area contributed by atoms with Crippen LogP contribution in [-0.2, 0) is 6.61 Å². The second-order valence-corrected chi connectivity index (χ2v) is 7.25. The molecule has 5 nitrogen and oxygen atoms in total. The summed E-state index contributed by atoms with van der Waals surface area (Å²) in [5, 5.41) is 5.18. The summed E-state index contributed by atoms with van der Waals surface area (Å²) < 4.78 is 5.96. The van der Waals surface area contributed by atoms with E-state index >= 15 is 0 Å². The molecule has 0 aliphatic carbocycles. The number of carbonyl (C=O) groups is 1. The molecular formula is C27H23N3O2. The van der Waals surface area contributed by atoms with E-state index in [0.717, 1.165) is 27.8 Å². The number of amides is 1. The zero-order chi connectivity index (χ0) is 22.2. The van der Waals surface area contributed by atoms with Gasteiger partial charge >= 0.3 is 0 Å². The minimum atomic E-state index is -0.261. The van der Waals surface area contributed by atoms with Crippen molar-refractivity contribution in [3.8, 4) is 5.75 Å². The highest BCUT2D eigenvalue weighted by atomic mass is 16.5. The number of benzene rings is 3. The molecule has 158 valence electrons. The van der Waals surface area contributed by atoms with Crippen molar-refractivity contribution in [3.63, 3.8) is 0 Å². The Bertz CT molecular complexity index is 1260. The lowest BCUT2D eigenvalue weighted by atomic mass is 10.1. The number of fused-ring (bicyclic) bond motifs is 1. The predicted molar refractivity (Wildman–Crippen MR) is 129 cm³/mol. The maximum absolute atomic E-state index is 12.4. The van der Waals surface area contributed by atoms with Crippen LogP contribution in [0, 0.1) is 0 Å². The molecule has 0 aliphatic heterocycles. The molecule has 1 amide bonds. The Labute approximate surface area is 187 Å². The van der Waals surface area contributed by atoms with Crippen molar-refractivity contribution >= 4 is 28.6 Å². The Balaban J connectivity index is 1.33. The van der Waals surface area contributed by atoms with Gasteiger partial charge in [-0.05, 0) is 48.4 Å². The smallest absolute Gasteiger partial charge is 0.271 e. The van der Waals surface area contributed by atoms with Crippen LogP contribution in [0.3, 0.4) is 0 Å². The number of ether oxygens (including phenoxy) is 1. The summed E-state index contributed by atoms with van der Waals surface area (Å²) in [6.45, 7) is 2.22. The first kappa shape index (κ1) is 21.0. The lowest BCUT2D eigenvalue weighted by Crippen LogP contribution is -2.18. The quantitative estimate of drug-likeness (QED) is 0.311. The number of hydrogen-bond acceptors (Lipinski definition) is 4. The second-order valence-electron chi connectivity index (χ2n) is 7.25. The Morgan fingerprint density at radius 3 is 2.56 bits per heavy atom. The first-order valence-electron chi connectivity index (χ1n) is 10.3. The molecule has 0 atom stereocenters. The monoisotopic (exact) mass is 421 g/mol. The highest BCUT2D eigenvalue weighted by molar-refractivity contribution is 5.99. The Kier molecular flexibility index (Phi) is 6.68. The van der Waals surface area contributed by atoms with Crippen molar-refractivity contribution in [2.24, 2.45) is 5.10 Å². The Morgan fingerprint density at radius 1 is 0.969 bits per heavy atom. The van der Waals surface area contributed by atoms with Gasteiger partial charge in [0.1, 0.15) is 17.9 Å². The van der Waals surface area contributed by atoms with E-state index in [0.29, 0.717) is 17.9 Å². The molecule has 0 saturated heterocycles. The van der Waals surface area contributed by atoms with Crippen LogP contribution in [0.15, 0.2) is 102 Å². The van der Waals surface area contributed by atoms with E-state index in [1.807, 2.05) is 91.9 Å². The lowest BCUT2D eigenvalue weighted by Gasteiger charge is -2.09. The molecule has 32 heavy (non-hydrogen) atoms. The van der Waals surface area contributed by atoms with Gasteiger partial charge in [-0.1, -0.05) is 66.7 Å². The van der Waals surface area contributed by atoms with Crippen molar-refractivity contribution in [1.29, 1.82) is 0 Å². The Hall–Kier alpha value is -4.25. The third-order valence-corrected chi connectivity index (χ3v) is 4.86. The molecule has 4 rings (SSSR count). The molecule has 0 spiro atoms. The van der Waals surface area contributed by atoms with Crippen LogP contribution in [0.25, 0.3) is 17.0 Å². The highest BCUT2D eigenvalue weighted by Gasteiger charge is 2.06. The van der Waals surface area contributed by atoms with E-state index in [9.17, 15) is 4.79 Å². The summed E-state index contributed by atoms with van der Waals surface area (Å²) in [5.41, 5.74) is 6.69. The van der Waals surface area contributed by atoms with Crippen molar-refractivity contribution in [2.45, 2.75) is 13.5 Å². The molecular weight excluding hydrogens is 398 g/mol. The van der Waals surface area contributed by atoms with Gasteiger partial charge in [-0.15, -0.1) is 0 Å². The number of pyridine rings is 1. The largest absolute Gasteiger partial charge is 0.487 e. The number of carbonyl (C=O) groups excluding carboxylic acids is 1. The van der Waals surface area contributed by atoms with E-state index in [-0.39, 0.29) is 5.91 Å². The number of para-hydroxylation sites is 1. The molecule has 1 heterocycles. The van der Waals surface area contributed by atoms with Crippen LogP contribution in [-0.4, -0.2) is 16.6 Å². The van der Waals surface area contributed by atoms with Crippen LogP contribution < -0.4 is 10.2 Å². The predicted octanol–water partition coefficient (Wildman–Crippen LogP) is 5.63. The van der Waals surface area contributed by atoms with Crippen LogP contribution in [0.5, 0.6) is 5.75 Å². The molecule has 0 saturated carbocycles. The van der Waals surface area contributed by atoms with Crippen LogP contribution in [0.2, 0.25) is 0 Å². The van der Waals surface area contributed by atoms with Crippen molar-refractivity contribution in [1.82, 2.24) is 10.4 Å². The van der Waals surface area contributed by atoms with E-state index in [4.69, 9.17) is 4.74 Å². The third kappa shape index (κ3) is 5.46. The van der Waals surface area contributed by atoms with E-state index in [2.05, 4.69) is 15.5 Å². The molecule has 3 aromatic carbocycles. The maximum atomic E-state index is 12.4. The number of rotatable bonds is 7. The minimum Gasteiger partial charge on any atom is -0.487 e. The third-order valence-electron chi connectivity index (χ3n) is 4.86. The number of nitrogens with one attached hydrogen (secondary N) is 1. The number of hydrazone groups is 1. The fourth-order valence-corrected chi connectivity index (χ4v) is 3.13. The van der Waals surface area contributed by atoms with Crippen LogP contribution in [0.4, 0.5) is 0 Å². The highest BCUT2D eigenvalue weighted by Crippen LogP contribution is 2.23. The van der Waals surface area contributed by atoms with Crippen molar-refractivity contribution in [2.75, 3.05) is 0 Å². The van der Waals surface area contributed by atoms with Gasteiger partial charge in [0.2, 0.25) is 0 Å². The molecule has 4 aromatic rings. The summed E-state index contributed by atoms with van der Waals surface area (Å²) in [4.78, 5) is 16.8. The molecule has 1 N–H and O–H groups in total. The van der Waals surface area contributed by atoms with Crippen molar-refractivity contribution in [3.05, 3.63) is 114 Å². The van der Waals surface area contributed by atoms with Gasteiger partial charge in [-0.3, -0.25) is 9.78 Å². The average molecular weight is 422 g/mol. The summed E-state index contributed by atoms with van der Waals surface area (Å²) >= 11 is 0. The average Bonchev–Trinajstić information content (AvgIpc) is 2.85. The van der Waals surface area contributed by atoms with E-state index < -0.39 is 0 Å². The van der Waals surface area contributed by atoms with Gasteiger partial charge in [-0.25, -0.2) is 5.43 Å². The maximum Gasteiger partial charge on any atom is 0.271 e. The summed E-state index contributed by atoms with van der Waals surface area (Å²) in [6.07, 6.45) is 5.56. The standard InChI is InChI=1S/C27H23N3O2/c1-20(12-13-21-7-3-2-4-8-21)29-30-27(31)24-16-14-22(15-17-24)19-32-25-11-5-9-23-10-6-18-28-26(23)25/h2-18H,19H2,1H3,(H,30,31)/b13-12+,29-20-. The van der Waals surface area contributed by atoms with E-state index in [1.54, 1.807) is 18.3 Å². The van der Waals surface area contributed by atoms with Crippen LogP contribution in [0.1, 0.15) is 28.4 Å².